The Morgan fingerprint density at radius 3 is 2.69 bits per heavy atom. The average Bonchev–Trinajstić information content (AvgIpc) is 2.38. The number of rotatable bonds is 4. The average molecular weight is 222 g/mol. The van der Waals surface area contributed by atoms with Gasteiger partial charge in [-0.2, -0.15) is 0 Å². The topological polar surface area (TPSA) is 27.7 Å². The zero-order valence-electron chi connectivity index (χ0n) is 9.59. The van der Waals surface area contributed by atoms with Gasteiger partial charge in [-0.1, -0.05) is 30.3 Å². The van der Waals surface area contributed by atoms with Crippen LogP contribution in [0.25, 0.3) is 0 Å². The summed E-state index contributed by atoms with van der Waals surface area (Å²) in [5, 5.41) is 0. The molecule has 1 aliphatic heterocycles. The molecular weight excluding hydrogens is 204 g/mol. The van der Waals surface area contributed by atoms with Crippen molar-refractivity contribution in [3.63, 3.8) is 0 Å². The lowest BCUT2D eigenvalue weighted by Crippen LogP contribution is -2.32. The van der Waals surface area contributed by atoms with E-state index < -0.39 is 0 Å². The van der Waals surface area contributed by atoms with E-state index in [0.29, 0.717) is 13.2 Å². The lowest BCUT2D eigenvalue weighted by Gasteiger charge is -2.28. The highest BCUT2D eigenvalue weighted by Gasteiger charge is 2.21. The molecule has 0 N–H and O–H groups in total. The fraction of sp³-hybridized carbons (Fsp3) is 0.538. The largest absolute Gasteiger partial charge is 0.371 e. The molecule has 0 bridgehead atoms. The van der Waals surface area contributed by atoms with E-state index in [1.54, 1.807) is 7.11 Å². The molecule has 0 spiro atoms. The molecule has 2 rings (SSSR count). The van der Waals surface area contributed by atoms with Crippen LogP contribution in [0.5, 0.6) is 0 Å². The number of hydrogen-bond acceptors (Lipinski definition) is 3. The first-order valence-electron chi connectivity index (χ1n) is 5.68. The van der Waals surface area contributed by atoms with E-state index >= 15 is 0 Å². The molecule has 16 heavy (non-hydrogen) atoms. The Bertz CT molecular complexity index is 291. The second-order valence-corrected chi connectivity index (χ2v) is 3.99. The Morgan fingerprint density at radius 1 is 1.25 bits per heavy atom. The minimum absolute atomic E-state index is 0.0448. The molecule has 0 unspecified atom stereocenters. The lowest BCUT2D eigenvalue weighted by molar-refractivity contribution is -0.184. The molecule has 0 aromatic heterocycles. The highest BCUT2D eigenvalue weighted by molar-refractivity contribution is 5.13. The predicted molar refractivity (Wildman–Crippen MR) is 61.0 cm³/mol. The Kier molecular flexibility index (Phi) is 4.34. The molecule has 1 aliphatic rings. The highest BCUT2D eigenvalue weighted by atomic mass is 16.7. The van der Waals surface area contributed by atoms with Crippen molar-refractivity contribution >= 4 is 0 Å². The molecule has 0 amide bonds. The maximum Gasteiger partial charge on any atom is 0.157 e. The van der Waals surface area contributed by atoms with Gasteiger partial charge in [0, 0.05) is 13.5 Å². The first kappa shape index (κ1) is 11.6. The molecule has 0 saturated carbocycles. The normalized spacial score (nSPS) is 25.6. The van der Waals surface area contributed by atoms with Gasteiger partial charge >= 0.3 is 0 Å². The van der Waals surface area contributed by atoms with Crippen molar-refractivity contribution < 1.29 is 14.2 Å². The van der Waals surface area contributed by atoms with Crippen LogP contribution in [0.15, 0.2) is 30.3 Å². The van der Waals surface area contributed by atoms with Crippen molar-refractivity contribution in [1.29, 1.82) is 0 Å². The third kappa shape index (κ3) is 3.30. The molecule has 3 heteroatoms. The summed E-state index contributed by atoms with van der Waals surface area (Å²) in [6, 6.07) is 10.2. The van der Waals surface area contributed by atoms with Gasteiger partial charge in [0.25, 0.3) is 0 Å². The van der Waals surface area contributed by atoms with Gasteiger partial charge in [-0.15, -0.1) is 0 Å². The van der Waals surface area contributed by atoms with Crippen LogP contribution >= 0.6 is 0 Å². The number of methoxy groups -OCH3 is 1. The van der Waals surface area contributed by atoms with Crippen molar-refractivity contribution in [3.8, 4) is 0 Å². The molecule has 88 valence electrons. The van der Waals surface area contributed by atoms with E-state index in [1.165, 1.54) is 5.56 Å². The number of ether oxygens (including phenoxy) is 3. The summed E-state index contributed by atoms with van der Waals surface area (Å²) in [4.78, 5) is 0. The van der Waals surface area contributed by atoms with Crippen LogP contribution < -0.4 is 0 Å². The van der Waals surface area contributed by atoms with Crippen molar-refractivity contribution in [3.05, 3.63) is 35.9 Å². The van der Waals surface area contributed by atoms with E-state index in [-0.39, 0.29) is 12.4 Å². The minimum Gasteiger partial charge on any atom is -0.371 e. The lowest BCUT2D eigenvalue weighted by atomic mass is 10.1. The van der Waals surface area contributed by atoms with E-state index in [4.69, 9.17) is 14.2 Å². The van der Waals surface area contributed by atoms with Crippen LogP contribution in [0.2, 0.25) is 0 Å². The smallest absolute Gasteiger partial charge is 0.157 e. The first-order chi connectivity index (χ1) is 7.88. The van der Waals surface area contributed by atoms with Gasteiger partial charge in [-0.25, -0.2) is 0 Å². The minimum atomic E-state index is -0.0448. The van der Waals surface area contributed by atoms with Gasteiger partial charge in [-0.05, 0) is 12.0 Å². The summed E-state index contributed by atoms with van der Waals surface area (Å²) in [7, 11) is 1.68. The summed E-state index contributed by atoms with van der Waals surface area (Å²) in [5.41, 5.74) is 1.20. The van der Waals surface area contributed by atoms with Gasteiger partial charge in [0.2, 0.25) is 0 Å². The number of hydrogen-bond donors (Lipinski definition) is 0. The second-order valence-electron chi connectivity index (χ2n) is 3.99. The highest BCUT2D eigenvalue weighted by Crippen LogP contribution is 2.17. The van der Waals surface area contributed by atoms with Gasteiger partial charge < -0.3 is 14.2 Å². The third-order valence-corrected chi connectivity index (χ3v) is 2.78. The fourth-order valence-electron chi connectivity index (χ4n) is 1.81. The van der Waals surface area contributed by atoms with E-state index in [0.717, 1.165) is 12.8 Å². The summed E-state index contributed by atoms with van der Waals surface area (Å²) in [6.07, 6.45) is 2.07. The zero-order chi connectivity index (χ0) is 11.2. The van der Waals surface area contributed by atoms with Gasteiger partial charge in [0.1, 0.15) is 0 Å². The molecule has 0 aliphatic carbocycles. The van der Waals surface area contributed by atoms with E-state index in [1.807, 2.05) is 18.2 Å². The molecule has 1 aromatic carbocycles. The van der Waals surface area contributed by atoms with Crippen LogP contribution in [-0.2, 0) is 20.8 Å². The fourth-order valence-corrected chi connectivity index (χ4v) is 1.81. The summed E-state index contributed by atoms with van der Waals surface area (Å²) < 4.78 is 16.4. The van der Waals surface area contributed by atoms with Crippen LogP contribution in [0.3, 0.4) is 0 Å². The maximum absolute atomic E-state index is 5.78. The Hall–Kier alpha value is -0.900. The molecule has 2 atom stereocenters. The predicted octanol–water partition coefficient (Wildman–Crippen LogP) is 2.35. The van der Waals surface area contributed by atoms with Crippen molar-refractivity contribution in [2.75, 3.05) is 13.7 Å². The van der Waals surface area contributed by atoms with Crippen molar-refractivity contribution in [2.24, 2.45) is 0 Å². The molecular formula is C13H18O3. The standard InChI is InChI=1S/C13H18O3/c1-14-13-8-7-12(10-16-13)15-9-11-5-3-2-4-6-11/h2-6,12-13H,7-10H2,1H3/t12-,13+/m1/s1. The first-order valence-corrected chi connectivity index (χ1v) is 5.68. The summed E-state index contributed by atoms with van der Waals surface area (Å²) in [6.45, 7) is 1.29. The van der Waals surface area contributed by atoms with Gasteiger partial charge in [-0.3, -0.25) is 0 Å². The van der Waals surface area contributed by atoms with Gasteiger partial charge in [0.05, 0.1) is 19.3 Å². The summed E-state index contributed by atoms with van der Waals surface area (Å²) in [5.74, 6) is 0. The van der Waals surface area contributed by atoms with Crippen molar-refractivity contribution in [1.82, 2.24) is 0 Å². The van der Waals surface area contributed by atoms with Crippen molar-refractivity contribution in [2.45, 2.75) is 31.8 Å². The van der Waals surface area contributed by atoms with E-state index in [9.17, 15) is 0 Å². The number of benzene rings is 1. The molecule has 0 radical (unpaired) electrons. The van der Waals surface area contributed by atoms with Crippen LogP contribution in [0.4, 0.5) is 0 Å². The molecule has 3 nitrogen and oxygen atoms in total. The quantitative estimate of drug-likeness (QED) is 0.782. The third-order valence-electron chi connectivity index (χ3n) is 2.78. The SMILES string of the molecule is CO[C@@H]1CC[C@@H](OCc2ccccc2)CO1. The van der Waals surface area contributed by atoms with Crippen LogP contribution in [0, 0.1) is 0 Å². The molecule has 1 saturated heterocycles. The monoisotopic (exact) mass is 222 g/mol. The molecule has 1 aromatic rings. The molecule has 1 heterocycles. The maximum atomic E-state index is 5.78. The zero-order valence-corrected chi connectivity index (χ0v) is 9.59. The summed E-state index contributed by atoms with van der Waals surface area (Å²) >= 11 is 0. The Morgan fingerprint density at radius 2 is 2.06 bits per heavy atom. The van der Waals surface area contributed by atoms with Gasteiger partial charge in [0.15, 0.2) is 6.29 Å². The van der Waals surface area contributed by atoms with Crippen LogP contribution in [-0.4, -0.2) is 26.1 Å². The van der Waals surface area contributed by atoms with E-state index in [2.05, 4.69) is 12.1 Å². The second kappa shape index (κ2) is 5.99. The molecule has 1 fully saturated rings. The Labute approximate surface area is 96.3 Å². The Balaban J connectivity index is 1.72. The van der Waals surface area contributed by atoms with Crippen LogP contribution in [0.1, 0.15) is 18.4 Å².